The third kappa shape index (κ3) is 8.85. The molecule has 0 atom stereocenters. The molecule has 0 radical (unpaired) electrons. The molecule has 1 heterocycles. The summed E-state index contributed by atoms with van der Waals surface area (Å²) in [5, 5.41) is 6.38. The first-order valence-corrected chi connectivity index (χ1v) is 10.2. The Labute approximate surface area is 210 Å². The van der Waals surface area contributed by atoms with Crippen LogP contribution in [0.15, 0.2) is 72.0 Å². The molecule has 0 saturated heterocycles. The lowest BCUT2D eigenvalue weighted by molar-refractivity contribution is 0.172. The van der Waals surface area contributed by atoms with Crippen molar-refractivity contribution in [3.05, 3.63) is 78.4 Å². The zero-order valence-electron chi connectivity index (χ0n) is 18.6. The quantitative estimate of drug-likeness (QED) is 0.152. The summed E-state index contributed by atoms with van der Waals surface area (Å²) in [5.41, 5.74) is 1.58. The van der Waals surface area contributed by atoms with E-state index in [9.17, 15) is 4.39 Å². The van der Waals surface area contributed by atoms with E-state index in [1.807, 2.05) is 24.3 Å². The van der Waals surface area contributed by atoms with Crippen LogP contribution in [0.2, 0.25) is 0 Å². The molecule has 0 fully saturated rings. The number of hydrogen-bond donors (Lipinski definition) is 2. The molecule has 2 N–H and O–H groups in total. The fraction of sp³-hybridized carbons (Fsp3) is 0.250. The summed E-state index contributed by atoms with van der Waals surface area (Å²) >= 11 is 0. The van der Waals surface area contributed by atoms with Crippen LogP contribution in [0, 0.1) is 5.82 Å². The molecule has 0 saturated carbocycles. The van der Waals surface area contributed by atoms with E-state index >= 15 is 0 Å². The summed E-state index contributed by atoms with van der Waals surface area (Å²) in [5.74, 6) is 1.48. The molecular weight excluding hydrogens is 538 g/mol. The Hall–Kier alpha value is -2.92. The highest BCUT2D eigenvalue weighted by molar-refractivity contribution is 14.0. The van der Waals surface area contributed by atoms with E-state index in [-0.39, 0.29) is 29.7 Å². The monoisotopic (exact) mass is 566 g/mol. The van der Waals surface area contributed by atoms with Crippen molar-refractivity contribution in [1.29, 1.82) is 0 Å². The lowest BCUT2D eigenvalue weighted by Crippen LogP contribution is -2.30. The lowest BCUT2D eigenvalue weighted by atomic mass is 10.2. The van der Waals surface area contributed by atoms with Crippen LogP contribution in [-0.4, -0.2) is 38.3 Å². The summed E-state index contributed by atoms with van der Waals surface area (Å²) in [7, 11) is 3.34. The predicted octanol–water partition coefficient (Wildman–Crippen LogP) is 5.23. The van der Waals surface area contributed by atoms with Gasteiger partial charge < -0.3 is 24.8 Å². The van der Waals surface area contributed by atoms with E-state index in [0.29, 0.717) is 31.5 Å². The van der Waals surface area contributed by atoms with Gasteiger partial charge in [-0.1, -0.05) is 12.1 Å². The Kier molecular flexibility index (Phi) is 11.4. The molecule has 176 valence electrons. The number of nitrogens with zero attached hydrogens (tertiary/aromatic N) is 2. The Morgan fingerprint density at radius 3 is 2.64 bits per heavy atom. The van der Waals surface area contributed by atoms with Gasteiger partial charge in [-0.25, -0.2) is 4.39 Å². The average Bonchev–Trinajstić information content (AvgIpc) is 2.82. The number of aromatic nitrogens is 1. The normalized spacial score (nSPS) is 10.8. The summed E-state index contributed by atoms with van der Waals surface area (Å²) in [6.07, 6.45) is 3.98. The van der Waals surface area contributed by atoms with E-state index in [1.165, 1.54) is 12.3 Å². The highest BCUT2D eigenvalue weighted by atomic mass is 127. The zero-order chi connectivity index (χ0) is 22.6. The predicted molar refractivity (Wildman–Crippen MR) is 138 cm³/mol. The number of rotatable bonds is 10. The highest BCUT2D eigenvalue weighted by Gasteiger charge is 2.08. The van der Waals surface area contributed by atoms with Gasteiger partial charge in [-0.2, -0.15) is 0 Å². The van der Waals surface area contributed by atoms with Crippen LogP contribution >= 0.6 is 24.0 Å². The van der Waals surface area contributed by atoms with E-state index < -0.39 is 5.82 Å². The summed E-state index contributed by atoms with van der Waals surface area (Å²) in [4.78, 5) is 8.18. The number of benzene rings is 2. The smallest absolute Gasteiger partial charge is 0.195 e. The van der Waals surface area contributed by atoms with Gasteiger partial charge in [-0.3, -0.25) is 9.98 Å². The van der Waals surface area contributed by atoms with Crippen LogP contribution < -0.4 is 20.1 Å². The molecule has 0 bridgehead atoms. The number of halogens is 2. The first-order valence-electron chi connectivity index (χ1n) is 10.2. The van der Waals surface area contributed by atoms with Gasteiger partial charge in [0.2, 0.25) is 0 Å². The molecule has 0 aliphatic carbocycles. The van der Waals surface area contributed by atoms with Crippen molar-refractivity contribution in [2.24, 2.45) is 4.99 Å². The number of hydrogen-bond acceptors (Lipinski definition) is 5. The second-order valence-corrected chi connectivity index (χ2v) is 6.83. The summed E-state index contributed by atoms with van der Waals surface area (Å²) < 4.78 is 30.7. The molecule has 9 heteroatoms. The van der Waals surface area contributed by atoms with Crippen LogP contribution in [0.3, 0.4) is 0 Å². The maximum absolute atomic E-state index is 14.4. The second kappa shape index (κ2) is 14.3. The minimum Gasteiger partial charge on any atom is -0.493 e. The van der Waals surface area contributed by atoms with Crippen molar-refractivity contribution in [1.82, 2.24) is 10.3 Å². The molecule has 0 spiro atoms. The molecule has 7 nitrogen and oxygen atoms in total. The lowest BCUT2D eigenvalue weighted by Gasteiger charge is -2.14. The first-order chi connectivity index (χ1) is 15.7. The number of nitrogens with one attached hydrogen (secondary N) is 2. The Bertz CT molecular complexity index is 1020. The second-order valence-electron chi connectivity index (χ2n) is 6.83. The van der Waals surface area contributed by atoms with Crippen LogP contribution in [0.1, 0.15) is 12.0 Å². The maximum atomic E-state index is 14.4. The fourth-order valence-electron chi connectivity index (χ4n) is 2.83. The standard InChI is InChI=1S/C24H27FN4O3.HI/c1-26-24(29-19-6-3-7-20(15-19)31-13-5-12-30-2)28-16-18-9-10-23(22(25)14-18)32-21-8-4-11-27-17-21;/h3-4,6-11,14-15,17H,5,12-13,16H2,1-2H3,(H2,26,28,29);1H. The van der Waals surface area contributed by atoms with Crippen molar-refractivity contribution in [2.45, 2.75) is 13.0 Å². The van der Waals surface area contributed by atoms with Crippen molar-refractivity contribution < 1.29 is 18.6 Å². The van der Waals surface area contributed by atoms with Crippen molar-refractivity contribution in [2.75, 3.05) is 32.7 Å². The molecule has 33 heavy (non-hydrogen) atoms. The van der Waals surface area contributed by atoms with E-state index in [2.05, 4.69) is 20.6 Å². The van der Waals surface area contributed by atoms with Gasteiger partial charge in [0, 0.05) is 51.7 Å². The number of anilines is 1. The third-order valence-corrected chi connectivity index (χ3v) is 4.40. The van der Waals surface area contributed by atoms with E-state index in [0.717, 1.165) is 23.4 Å². The number of guanidine groups is 1. The molecule has 0 aliphatic heterocycles. The minimum atomic E-state index is -0.450. The number of aliphatic imine (C=N–C) groups is 1. The largest absolute Gasteiger partial charge is 0.493 e. The molecule has 1 aromatic heterocycles. The average molecular weight is 566 g/mol. The number of pyridine rings is 1. The summed E-state index contributed by atoms with van der Waals surface area (Å²) in [6, 6.07) is 15.9. The van der Waals surface area contributed by atoms with Gasteiger partial charge in [0.15, 0.2) is 17.5 Å². The van der Waals surface area contributed by atoms with Crippen LogP contribution in [0.4, 0.5) is 10.1 Å². The van der Waals surface area contributed by atoms with E-state index in [1.54, 1.807) is 44.6 Å². The van der Waals surface area contributed by atoms with Crippen molar-refractivity contribution >= 4 is 35.6 Å². The fourth-order valence-corrected chi connectivity index (χ4v) is 2.83. The third-order valence-electron chi connectivity index (χ3n) is 4.40. The van der Waals surface area contributed by atoms with Crippen LogP contribution in [-0.2, 0) is 11.3 Å². The topological polar surface area (TPSA) is 77.0 Å². The maximum Gasteiger partial charge on any atom is 0.195 e. The zero-order valence-corrected chi connectivity index (χ0v) is 20.9. The van der Waals surface area contributed by atoms with Gasteiger partial charge in [-0.15, -0.1) is 24.0 Å². The first kappa shape index (κ1) is 26.3. The van der Waals surface area contributed by atoms with Gasteiger partial charge >= 0.3 is 0 Å². The molecule has 0 aliphatic rings. The Morgan fingerprint density at radius 1 is 1.06 bits per heavy atom. The molecular formula is C24H28FIN4O3. The number of ether oxygens (including phenoxy) is 3. The summed E-state index contributed by atoms with van der Waals surface area (Å²) in [6.45, 7) is 1.62. The molecule has 3 aromatic rings. The SMILES string of the molecule is CN=C(NCc1ccc(Oc2cccnc2)c(F)c1)Nc1cccc(OCCCOC)c1.I. The van der Waals surface area contributed by atoms with Crippen LogP contribution in [0.25, 0.3) is 0 Å². The van der Waals surface area contributed by atoms with Gasteiger partial charge in [-0.05, 0) is 42.0 Å². The highest BCUT2D eigenvalue weighted by Crippen LogP contribution is 2.24. The molecule has 2 aromatic carbocycles. The van der Waals surface area contributed by atoms with Crippen molar-refractivity contribution in [3.8, 4) is 17.2 Å². The molecule has 0 amide bonds. The molecule has 3 rings (SSSR count). The van der Waals surface area contributed by atoms with Crippen LogP contribution in [0.5, 0.6) is 17.2 Å². The van der Waals surface area contributed by atoms with Gasteiger partial charge in [0.25, 0.3) is 0 Å². The van der Waals surface area contributed by atoms with Gasteiger partial charge in [0.1, 0.15) is 11.5 Å². The number of methoxy groups -OCH3 is 1. The van der Waals surface area contributed by atoms with E-state index in [4.69, 9.17) is 14.2 Å². The Morgan fingerprint density at radius 2 is 1.91 bits per heavy atom. The molecule has 0 unspecified atom stereocenters. The van der Waals surface area contributed by atoms with Gasteiger partial charge in [0.05, 0.1) is 12.8 Å². The van der Waals surface area contributed by atoms with Crippen molar-refractivity contribution in [3.63, 3.8) is 0 Å². The minimum absolute atomic E-state index is 0. The Balaban J connectivity index is 0.00000385.